The molecule has 28 heavy (non-hydrogen) atoms. The maximum Gasteiger partial charge on any atom is 0.319 e. The van der Waals surface area contributed by atoms with Crippen molar-refractivity contribution in [3.63, 3.8) is 0 Å². The van der Waals surface area contributed by atoms with E-state index in [1.807, 2.05) is 26.0 Å². The second-order valence-electron chi connectivity index (χ2n) is 6.99. The van der Waals surface area contributed by atoms with Gasteiger partial charge in [0, 0.05) is 27.2 Å². The zero-order valence-corrected chi connectivity index (χ0v) is 16.9. The number of aryl methyl sites for hydroxylation is 1. The Bertz CT molecular complexity index is 786. The molecule has 2 rings (SSSR count). The standard InChI is InChI=1S/C21H28FN3O3/c1-5-12-24(21(27)23(3)4)15-20(26)25(14-19-11-6-16(2)28-19)13-17-7-9-18(22)10-8-17/h6-11H,5,12-15H2,1-4H3. The van der Waals surface area contributed by atoms with E-state index in [1.165, 1.54) is 21.9 Å². The topological polar surface area (TPSA) is 57.0 Å². The molecule has 1 aromatic carbocycles. The molecule has 0 spiro atoms. The van der Waals surface area contributed by atoms with E-state index < -0.39 is 0 Å². The number of rotatable bonds is 8. The maximum absolute atomic E-state index is 13.2. The van der Waals surface area contributed by atoms with Crippen LogP contribution in [0.3, 0.4) is 0 Å². The van der Waals surface area contributed by atoms with Gasteiger partial charge in [0.05, 0.1) is 6.54 Å². The molecule has 0 aliphatic heterocycles. The summed E-state index contributed by atoms with van der Waals surface area (Å²) in [6.45, 7) is 4.85. The number of nitrogens with zero attached hydrogens (tertiary/aromatic N) is 3. The van der Waals surface area contributed by atoms with Gasteiger partial charge in [-0.1, -0.05) is 19.1 Å². The molecule has 0 aliphatic carbocycles. The first kappa shape index (κ1) is 21.5. The van der Waals surface area contributed by atoms with E-state index in [0.29, 0.717) is 18.8 Å². The lowest BCUT2D eigenvalue weighted by atomic mass is 10.2. The van der Waals surface area contributed by atoms with Crippen LogP contribution >= 0.6 is 0 Å². The summed E-state index contributed by atoms with van der Waals surface area (Å²) in [6.07, 6.45) is 0.752. The molecule has 0 bridgehead atoms. The van der Waals surface area contributed by atoms with Gasteiger partial charge < -0.3 is 19.1 Å². The second kappa shape index (κ2) is 9.92. The number of furan rings is 1. The molecule has 3 amide bonds. The minimum atomic E-state index is -0.325. The molecule has 6 nitrogen and oxygen atoms in total. The van der Waals surface area contributed by atoms with Crippen LogP contribution in [0.15, 0.2) is 40.8 Å². The first-order chi connectivity index (χ1) is 13.3. The van der Waals surface area contributed by atoms with E-state index in [2.05, 4.69) is 0 Å². The van der Waals surface area contributed by atoms with Gasteiger partial charge in [0.15, 0.2) is 0 Å². The highest BCUT2D eigenvalue weighted by molar-refractivity contribution is 5.84. The van der Waals surface area contributed by atoms with Crippen molar-refractivity contribution in [2.24, 2.45) is 0 Å². The smallest absolute Gasteiger partial charge is 0.319 e. The summed E-state index contributed by atoms with van der Waals surface area (Å²) in [4.78, 5) is 30.0. The molecule has 0 unspecified atom stereocenters. The summed E-state index contributed by atoms with van der Waals surface area (Å²) in [5, 5.41) is 0. The predicted molar refractivity (Wildman–Crippen MR) is 105 cm³/mol. The van der Waals surface area contributed by atoms with Crippen molar-refractivity contribution in [2.45, 2.75) is 33.4 Å². The molecule has 0 fully saturated rings. The Kier molecular flexibility index (Phi) is 7.61. The average molecular weight is 389 g/mol. The summed E-state index contributed by atoms with van der Waals surface area (Å²) in [5.41, 5.74) is 0.805. The van der Waals surface area contributed by atoms with Gasteiger partial charge in [-0.15, -0.1) is 0 Å². The van der Waals surface area contributed by atoms with Crippen LogP contribution in [0.5, 0.6) is 0 Å². The number of carbonyl (C=O) groups is 2. The number of benzene rings is 1. The van der Waals surface area contributed by atoms with Crippen molar-refractivity contribution in [2.75, 3.05) is 27.2 Å². The predicted octanol–water partition coefficient (Wildman–Crippen LogP) is 3.65. The van der Waals surface area contributed by atoms with E-state index in [0.717, 1.165) is 17.7 Å². The SMILES string of the molecule is CCCN(CC(=O)N(Cc1ccc(F)cc1)Cc1ccc(C)o1)C(=O)N(C)C. The number of hydrogen-bond donors (Lipinski definition) is 0. The van der Waals surface area contributed by atoms with Crippen LogP contribution in [0, 0.1) is 12.7 Å². The quantitative estimate of drug-likeness (QED) is 0.692. The van der Waals surface area contributed by atoms with Gasteiger partial charge in [-0.2, -0.15) is 0 Å². The Hall–Kier alpha value is -2.83. The molecular formula is C21H28FN3O3. The lowest BCUT2D eigenvalue weighted by Crippen LogP contribution is -2.46. The summed E-state index contributed by atoms with van der Waals surface area (Å²) >= 11 is 0. The molecular weight excluding hydrogens is 361 g/mol. The van der Waals surface area contributed by atoms with Crippen molar-refractivity contribution < 1.29 is 18.4 Å². The number of halogens is 1. The van der Waals surface area contributed by atoms with E-state index >= 15 is 0 Å². The van der Waals surface area contributed by atoms with Crippen molar-refractivity contribution in [3.8, 4) is 0 Å². The summed E-state index contributed by atoms with van der Waals surface area (Å²) < 4.78 is 18.8. The number of carbonyl (C=O) groups excluding carboxylic acids is 2. The first-order valence-electron chi connectivity index (χ1n) is 9.34. The molecule has 0 aliphatic rings. The highest BCUT2D eigenvalue weighted by Gasteiger charge is 2.23. The largest absolute Gasteiger partial charge is 0.464 e. The Morgan fingerprint density at radius 1 is 1.00 bits per heavy atom. The molecule has 7 heteroatoms. The molecule has 0 saturated carbocycles. The van der Waals surface area contributed by atoms with Crippen molar-refractivity contribution in [1.82, 2.24) is 14.7 Å². The van der Waals surface area contributed by atoms with E-state index in [1.54, 1.807) is 31.1 Å². The van der Waals surface area contributed by atoms with Crippen LogP contribution < -0.4 is 0 Å². The van der Waals surface area contributed by atoms with Crippen LogP contribution in [0.1, 0.15) is 30.4 Å². The number of amides is 3. The fourth-order valence-corrected chi connectivity index (χ4v) is 2.86. The van der Waals surface area contributed by atoms with Gasteiger partial charge in [-0.3, -0.25) is 4.79 Å². The maximum atomic E-state index is 13.2. The van der Waals surface area contributed by atoms with Crippen LogP contribution in [-0.2, 0) is 17.9 Å². The van der Waals surface area contributed by atoms with Crippen LogP contribution in [-0.4, -0.2) is 53.8 Å². The van der Waals surface area contributed by atoms with E-state index in [-0.39, 0.29) is 30.8 Å². The summed E-state index contributed by atoms with van der Waals surface area (Å²) in [6, 6.07) is 9.51. The number of urea groups is 1. The van der Waals surface area contributed by atoms with Crippen LogP contribution in [0.25, 0.3) is 0 Å². The highest BCUT2D eigenvalue weighted by atomic mass is 19.1. The minimum absolute atomic E-state index is 0.0221. The molecule has 2 aromatic rings. The Morgan fingerprint density at radius 2 is 1.68 bits per heavy atom. The van der Waals surface area contributed by atoms with Crippen LogP contribution in [0.4, 0.5) is 9.18 Å². The Labute approximate surface area is 165 Å². The van der Waals surface area contributed by atoms with Gasteiger partial charge in [0.2, 0.25) is 5.91 Å². The monoisotopic (exact) mass is 389 g/mol. The lowest BCUT2D eigenvalue weighted by molar-refractivity contribution is -0.133. The van der Waals surface area contributed by atoms with Gasteiger partial charge >= 0.3 is 6.03 Å². The molecule has 0 atom stereocenters. The third-order valence-corrected chi connectivity index (χ3v) is 4.25. The van der Waals surface area contributed by atoms with Crippen LogP contribution in [0.2, 0.25) is 0 Å². The summed E-state index contributed by atoms with van der Waals surface area (Å²) in [5.74, 6) is 0.907. The van der Waals surface area contributed by atoms with Crippen molar-refractivity contribution in [1.29, 1.82) is 0 Å². The Morgan fingerprint density at radius 3 is 2.21 bits per heavy atom. The lowest BCUT2D eigenvalue weighted by Gasteiger charge is -2.29. The average Bonchev–Trinajstić information content (AvgIpc) is 3.06. The van der Waals surface area contributed by atoms with Crippen molar-refractivity contribution in [3.05, 3.63) is 59.3 Å². The molecule has 0 saturated heterocycles. The van der Waals surface area contributed by atoms with Gasteiger partial charge in [-0.25, -0.2) is 9.18 Å². The summed E-state index contributed by atoms with van der Waals surface area (Å²) in [7, 11) is 3.33. The third-order valence-electron chi connectivity index (χ3n) is 4.25. The fraction of sp³-hybridized carbons (Fsp3) is 0.429. The van der Waals surface area contributed by atoms with Gasteiger partial charge in [0.25, 0.3) is 0 Å². The molecule has 0 radical (unpaired) electrons. The highest BCUT2D eigenvalue weighted by Crippen LogP contribution is 2.14. The number of hydrogen-bond acceptors (Lipinski definition) is 3. The molecule has 1 heterocycles. The zero-order valence-electron chi connectivity index (χ0n) is 16.9. The van der Waals surface area contributed by atoms with Gasteiger partial charge in [-0.05, 0) is 43.2 Å². The van der Waals surface area contributed by atoms with E-state index in [4.69, 9.17) is 4.42 Å². The molecule has 1 aromatic heterocycles. The van der Waals surface area contributed by atoms with E-state index in [9.17, 15) is 14.0 Å². The minimum Gasteiger partial charge on any atom is -0.464 e. The van der Waals surface area contributed by atoms with Crippen molar-refractivity contribution >= 4 is 11.9 Å². The third kappa shape index (κ3) is 6.11. The fourth-order valence-electron chi connectivity index (χ4n) is 2.86. The normalized spacial score (nSPS) is 10.6. The molecule has 152 valence electrons. The second-order valence-corrected chi connectivity index (χ2v) is 6.99. The van der Waals surface area contributed by atoms with Gasteiger partial charge in [0.1, 0.15) is 23.9 Å². The zero-order chi connectivity index (χ0) is 20.7. The first-order valence-corrected chi connectivity index (χ1v) is 9.34. The molecule has 0 N–H and O–H groups in total. The Balaban J connectivity index is 2.18.